The Hall–Kier alpha value is -1.10. The lowest BCUT2D eigenvalue weighted by molar-refractivity contribution is 1.90. The molecule has 4 heteroatoms. The lowest BCUT2D eigenvalue weighted by atomic mass is 10.3. The van der Waals surface area contributed by atoms with Crippen LogP contribution >= 0.6 is 34.0 Å². The molecule has 0 aliphatic heterocycles. The van der Waals surface area contributed by atoms with Crippen molar-refractivity contribution in [2.75, 3.05) is 5.73 Å². The Morgan fingerprint density at radius 3 is 2.06 bits per heavy atom. The van der Waals surface area contributed by atoms with Crippen molar-refractivity contribution in [2.45, 2.75) is 0 Å². The maximum absolute atomic E-state index is 5.74. The third-order valence-electron chi connectivity index (χ3n) is 2.24. The molecule has 0 atom stereocenters. The summed E-state index contributed by atoms with van der Waals surface area (Å²) in [6.07, 6.45) is 0. The van der Waals surface area contributed by atoms with Crippen LogP contribution in [0.3, 0.4) is 0 Å². The first-order chi connectivity index (χ1) is 7.83. The van der Waals surface area contributed by atoms with Gasteiger partial charge in [0, 0.05) is 19.5 Å². The van der Waals surface area contributed by atoms with Gasteiger partial charge in [-0.15, -0.1) is 34.0 Å². The van der Waals surface area contributed by atoms with E-state index in [0.717, 1.165) is 5.00 Å². The van der Waals surface area contributed by atoms with Gasteiger partial charge >= 0.3 is 0 Å². The van der Waals surface area contributed by atoms with Crippen LogP contribution < -0.4 is 5.73 Å². The smallest absolute Gasteiger partial charge is 0.0863 e. The quantitative estimate of drug-likeness (QED) is 0.707. The number of hydrogen-bond donors (Lipinski definition) is 1. The van der Waals surface area contributed by atoms with Crippen LogP contribution in [0.1, 0.15) is 0 Å². The van der Waals surface area contributed by atoms with E-state index in [9.17, 15) is 0 Å². The molecule has 1 nitrogen and oxygen atoms in total. The maximum Gasteiger partial charge on any atom is 0.0863 e. The summed E-state index contributed by atoms with van der Waals surface area (Å²) in [5.74, 6) is 0. The largest absolute Gasteiger partial charge is 0.391 e. The number of anilines is 1. The Kier molecular flexibility index (Phi) is 2.55. The predicted octanol–water partition coefficient (Wildman–Crippen LogP) is 4.79. The Bertz CT molecular complexity index is 589. The van der Waals surface area contributed by atoms with Crippen LogP contribution in [0.25, 0.3) is 19.5 Å². The molecule has 3 rings (SSSR count). The van der Waals surface area contributed by atoms with Crippen molar-refractivity contribution in [2.24, 2.45) is 0 Å². The fourth-order valence-corrected chi connectivity index (χ4v) is 4.21. The van der Waals surface area contributed by atoms with Gasteiger partial charge < -0.3 is 5.73 Å². The molecule has 0 aromatic carbocycles. The number of nitrogen functional groups attached to an aromatic ring is 1. The Morgan fingerprint density at radius 2 is 1.44 bits per heavy atom. The average Bonchev–Trinajstić information content (AvgIpc) is 2.97. The van der Waals surface area contributed by atoms with E-state index in [2.05, 4.69) is 35.7 Å². The highest BCUT2D eigenvalue weighted by molar-refractivity contribution is 7.27. The highest BCUT2D eigenvalue weighted by Crippen LogP contribution is 2.39. The number of rotatable bonds is 2. The summed E-state index contributed by atoms with van der Waals surface area (Å²) in [6.45, 7) is 0. The van der Waals surface area contributed by atoms with Crippen LogP contribution in [0, 0.1) is 0 Å². The fourth-order valence-electron chi connectivity index (χ4n) is 1.51. The molecule has 0 bridgehead atoms. The minimum absolute atomic E-state index is 0.876. The van der Waals surface area contributed by atoms with E-state index < -0.39 is 0 Å². The van der Waals surface area contributed by atoms with Gasteiger partial charge in [-0.2, -0.15) is 0 Å². The van der Waals surface area contributed by atoms with Crippen molar-refractivity contribution in [1.29, 1.82) is 0 Å². The SMILES string of the molecule is Nc1ccc(-c2ccc(-c3cccs3)s2)s1. The molecule has 0 unspecified atom stereocenters. The minimum atomic E-state index is 0.876. The molecule has 16 heavy (non-hydrogen) atoms. The molecular formula is C12H9NS3. The van der Waals surface area contributed by atoms with Crippen LogP contribution in [-0.2, 0) is 0 Å². The van der Waals surface area contributed by atoms with Gasteiger partial charge in [-0.25, -0.2) is 0 Å². The Labute approximate surface area is 106 Å². The second-order valence-corrected chi connectivity index (χ2v) is 6.49. The second kappa shape index (κ2) is 4.05. The molecular weight excluding hydrogens is 254 g/mol. The van der Waals surface area contributed by atoms with Gasteiger partial charge in [0.15, 0.2) is 0 Å². The van der Waals surface area contributed by atoms with E-state index >= 15 is 0 Å². The summed E-state index contributed by atoms with van der Waals surface area (Å²) in [7, 11) is 0. The summed E-state index contributed by atoms with van der Waals surface area (Å²) < 4.78 is 0. The van der Waals surface area contributed by atoms with Crippen LogP contribution in [0.2, 0.25) is 0 Å². The van der Waals surface area contributed by atoms with E-state index in [0.29, 0.717) is 0 Å². The molecule has 3 aromatic rings. The van der Waals surface area contributed by atoms with Crippen LogP contribution in [0.4, 0.5) is 5.00 Å². The molecule has 0 spiro atoms. The minimum Gasteiger partial charge on any atom is -0.391 e. The van der Waals surface area contributed by atoms with E-state index in [-0.39, 0.29) is 0 Å². The predicted molar refractivity (Wildman–Crippen MR) is 75.4 cm³/mol. The van der Waals surface area contributed by atoms with Crippen LogP contribution in [-0.4, -0.2) is 0 Å². The van der Waals surface area contributed by atoms with E-state index in [1.165, 1.54) is 19.5 Å². The lowest BCUT2D eigenvalue weighted by Gasteiger charge is -1.90. The lowest BCUT2D eigenvalue weighted by Crippen LogP contribution is -1.72. The maximum atomic E-state index is 5.74. The summed E-state index contributed by atoms with van der Waals surface area (Å²) in [5.41, 5.74) is 5.74. The molecule has 0 radical (unpaired) electrons. The zero-order valence-electron chi connectivity index (χ0n) is 8.34. The van der Waals surface area contributed by atoms with E-state index in [4.69, 9.17) is 5.73 Å². The Morgan fingerprint density at radius 1 is 0.750 bits per heavy atom. The Balaban J connectivity index is 2.00. The van der Waals surface area contributed by atoms with Gasteiger partial charge in [-0.1, -0.05) is 6.07 Å². The second-order valence-electron chi connectivity index (χ2n) is 3.34. The van der Waals surface area contributed by atoms with Crippen molar-refractivity contribution < 1.29 is 0 Å². The average molecular weight is 263 g/mol. The van der Waals surface area contributed by atoms with Gasteiger partial charge in [0.1, 0.15) is 0 Å². The van der Waals surface area contributed by atoms with E-state index in [1.54, 1.807) is 22.7 Å². The van der Waals surface area contributed by atoms with Crippen molar-refractivity contribution in [1.82, 2.24) is 0 Å². The summed E-state index contributed by atoms with van der Waals surface area (Å²) in [4.78, 5) is 5.22. The van der Waals surface area contributed by atoms with Gasteiger partial charge in [-0.3, -0.25) is 0 Å². The van der Waals surface area contributed by atoms with Crippen LogP contribution in [0.5, 0.6) is 0 Å². The van der Waals surface area contributed by atoms with Gasteiger partial charge in [0.25, 0.3) is 0 Å². The summed E-state index contributed by atoms with van der Waals surface area (Å²) >= 11 is 5.24. The molecule has 0 amide bonds. The van der Waals surface area contributed by atoms with Crippen molar-refractivity contribution in [3.05, 3.63) is 41.8 Å². The number of thiophene rings is 3. The topological polar surface area (TPSA) is 26.0 Å². The first-order valence-electron chi connectivity index (χ1n) is 4.82. The zero-order chi connectivity index (χ0) is 11.0. The molecule has 0 aliphatic carbocycles. The zero-order valence-corrected chi connectivity index (χ0v) is 10.8. The van der Waals surface area contributed by atoms with Crippen molar-refractivity contribution in [3.8, 4) is 19.5 Å². The fraction of sp³-hybridized carbons (Fsp3) is 0. The monoisotopic (exact) mass is 263 g/mol. The summed E-state index contributed by atoms with van der Waals surface area (Å²) in [6, 6.07) is 12.6. The number of nitrogens with two attached hydrogens (primary N) is 1. The highest BCUT2D eigenvalue weighted by atomic mass is 32.1. The van der Waals surface area contributed by atoms with Gasteiger partial charge in [0.05, 0.1) is 5.00 Å². The highest BCUT2D eigenvalue weighted by Gasteiger charge is 2.07. The first-order valence-corrected chi connectivity index (χ1v) is 7.33. The van der Waals surface area contributed by atoms with Crippen molar-refractivity contribution >= 4 is 39.0 Å². The standard InChI is InChI=1S/C12H9NS3/c13-12-6-5-11(16-12)10-4-3-9(15-10)8-2-1-7-14-8/h1-7H,13H2. The van der Waals surface area contributed by atoms with Gasteiger partial charge in [0.2, 0.25) is 0 Å². The molecule has 2 N–H and O–H groups in total. The first kappa shape index (κ1) is 10.1. The molecule has 3 heterocycles. The molecule has 0 aliphatic rings. The van der Waals surface area contributed by atoms with Gasteiger partial charge in [-0.05, 0) is 35.7 Å². The van der Waals surface area contributed by atoms with E-state index in [1.807, 2.05) is 17.4 Å². The molecule has 0 saturated heterocycles. The molecule has 3 aromatic heterocycles. The third kappa shape index (κ3) is 1.80. The third-order valence-corrected chi connectivity index (χ3v) is 5.50. The summed E-state index contributed by atoms with van der Waals surface area (Å²) in [5, 5.41) is 2.98. The molecule has 0 saturated carbocycles. The molecule has 80 valence electrons. The molecule has 0 fully saturated rings. The normalized spacial score (nSPS) is 10.8. The van der Waals surface area contributed by atoms with Crippen molar-refractivity contribution in [3.63, 3.8) is 0 Å². The number of hydrogen-bond acceptors (Lipinski definition) is 4. The van der Waals surface area contributed by atoms with Crippen LogP contribution in [0.15, 0.2) is 41.8 Å².